The molecule has 0 unspecified atom stereocenters. The predicted molar refractivity (Wildman–Crippen MR) is 95.5 cm³/mol. The van der Waals surface area contributed by atoms with E-state index < -0.39 is 0 Å². The Morgan fingerprint density at radius 1 is 0.792 bits per heavy atom. The van der Waals surface area contributed by atoms with Gasteiger partial charge in [0.2, 0.25) is 0 Å². The largest absolute Gasteiger partial charge is 0.462 e. The van der Waals surface area contributed by atoms with Gasteiger partial charge in [-0.2, -0.15) is 0 Å². The molecule has 0 aromatic heterocycles. The number of carbonyl (C=O) groups excluding carboxylic acids is 2. The number of rotatable bonds is 12. The molecule has 0 aliphatic heterocycles. The highest BCUT2D eigenvalue weighted by atomic mass is 16.5. The Morgan fingerprint density at radius 3 is 1.58 bits per heavy atom. The summed E-state index contributed by atoms with van der Waals surface area (Å²) >= 11 is 0. The normalized spacial score (nSPS) is 14.2. The number of unbranched alkanes of at least 4 members (excludes halogenated alkanes) is 4. The van der Waals surface area contributed by atoms with Gasteiger partial charge in [-0.1, -0.05) is 12.2 Å². The minimum Gasteiger partial charge on any atom is -0.462 e. The lowest BCUT2D eigenvalue weighted by molar-refractivity contribution is -0.143. The van der Waals surface area contributed by atoms with Gasteiger partial charge in [-0.25, -0.2) is 9.59 Å². The van der Waals surface area contributed by atoms with Crippen LogP contribution in [0.5, 0.6) is 0 Å². The van der Waals surface area contributed by atoms with Crippen LogP contribution in [0, 0.1) is 0 Å². The Kier molecular flexibility index (Phi) is 10.6. The zero-order valence-corrected chi connectivity index (χ0v) is 14.7. The summed E-state index contributed by atoms with van der Waals surface area (Å²) in [5.41, 5.74) is 1.03. The summed E-state index contributed by atoms with van der Waals surface area (Å²) in [7, 11) is 0. The molecular weight excluding hydrogens is 304 g/mol. The molecule has 0 saturated carbocycles. The fraction of sp³-hybridized carbons (Fsp3) is 0.600. The fourth-order valence-electron chi connectivity index (χ4n) is 2.64. The number of hydrogen-bond donors (Lipinski definition) is 0. The van der Waals surface area contributed by atoms with Crippen molar-refractivity contribution in [2.75, 3.05) is 13.2 Å². The molecule has 0 bridgehead atoms. The van der Waals surface area contributed by atoms with E-state index in [4.69, 9.17) is 9.47 Å². The molecule has 0 spiro atoms. The quantitative estimate of drug-likeness (QED) is 0.296. The summed E-state index contributed by atoms with van der Waals surface area (Å²) in [6, 6.07) is 0. The first kappa shape index (κ1) is 20.2. The SMILES string of the molecule is C=CCCCCOC(=O)C1=C(C(=O)OCCCCC=C)CCCC1. The zero-order chi connectivity index (χ0) is 17.6. The second-order valence-electron chi connectivity index (χ2n) is 6.00. The monoisotopic (exact) mass is 334 g/mol. The fourth-order valence-corrected chi connectivity index (χ4v) is 2.64. The van der Waals surface area contributed by atoms with E-state index >= 15 is 0 Å². The van der Waals surface area contributed by atoms with Gasteiger partial charge in [0.15, 0.2) is 0 Å². The highest BCUT2D eigenvalue weighted by Crippen LogP contribution is 2.27. The summed E-state index contributed by atoms with van der Waals surface area (Å²) in [5, 5.41) is 0. The molecule has 1 aliphatic rings. The summed E-state index contributed by atoms with van der Waals surface area (Å²) in [6.07, 6.45) is 12.1. The molecule has 0 N–H and O–H groups in total. The van der Waals surface area contributed by atoms with Gasteiger partial charge in [0.25, 0.3) is 0 Å². The van der Waals surface area contributed by atoms with Crippen molar-refractivity contribution in [2.45, 2.75) is 64.2 Å². The lowest BCUT2D eigenvalue weighted by Gasteiger charge is -2.18. The number of carbonyl (C=O) groups is 2. The second-order valence-corrected chi connectivity index (χ2v) is 6.00. The van der Waals surface area contributed by atoms with Gasteiger partial charge < -0.3 is 9.47 Å². The molecule has 0 fully saturated rings. The number of esters is 2. The van der Waals surface area contributed by atoms with E-state index in [-0.39, 0.29) is 11.9 Å². The average Bonchev–Trinajstić information content (AvgIpc) is 2.61. The van der Waals surface area contributed by atoms with E-state index in [1.54, 1.807) is 0 Å². The van der Waals surface area contributed by atoms with Crippen LogP contribution >= 0.6 is 0 Å². The van der Waals surface area contributed by atoms with Crippen LogP contribution in [0.25, 0.3) is 0 Å². The van der Waals surface area contributed by atoms with E-state index in [0.29, 0.717) is 37.2 Å². The molecule has 0 radical (unpaired) electrons. The van der Waals surface area contributed by atoms with Crippen LogP contribution in [0.3, 0.4) is 0 Å². The van der Waals surface area contributed by atoms with Crippen LogP contribution in [0.4, 0.5) is 0 Å². The van der Waals surface area contributed by atoms with Crippen molar-refractivity contribution in [1.29, 1.82) is 0 Å². The smallest absolute Gasteiger partial charge is 0.334 e. The summed E-state index contributed by atoms with van der Waals surface area (Å²) in [5.74, 6) is -0.709. The molecule has 1 aliphatic carbocycles. The lowest BCUT2D eigenvalue weighted by Crippen LogP contribution is -2.20. The van der Waals surface area contributed by atoms with E-state index in [2.05, 4.69) is 13.2 Å². The first-order valence-corrected chi connectivity index (χ1v) is 8.98. The van der Waals surface area contributed by atoms with Gasteiger partial charge in [-0.05, 0) is 64.2 Å². The first-order chi connectivity index (χ1) is 11.7. The minimum absolute atomic E-state index is 0.355. The van der Waals surface area contributed by atoms with E-state index in [1.807, 2.05) is 12.2 Å². The molecule has 134 valence electrons. The standard InChI is InChI=1S/C20H30O4/c1-3-5-7-11-15-23-19(21)17-13-9-10-14-18(17)20(22)24-16-12-8-6-4-2/h3-4H,1-2,5-16H2. The lowest BCUT2D eigenvalue weighted by atomic mass is 9.92. The number of ether oxygens (including phenoxy) is 2. The molecule has 0 amide bonds. The van der Waals surface area contributed by atoms with Crippen molar-refractivity contribution >= 4 is 11.9 Å². The van der Waals surface area contributed by atoms with Crippen molar-refractivity contribution in [2.24, 2.45) is 0 Å². The molecule has 0 saturated heterocycles. The van der Waals surface area contributed by atoms with Crippen LogP contribution in [0.15, 0.2) is 36.5 Å². The molecule has 0 aromatic carbocycles. The van der Waals surface area contributed by atoms with Gasteiger partial charge in [-0.15, -0.1) is 13.2 Å². The second kappa shape index (κ2) is 12.6. The van der Waals surface area contributed by atoms with Crippen molar-refractivity contribution in [3.63, 3.8) is 0 Å². The number of allylic oxidation sites excluding steroid dienone is 2. The van der Waals surface area contributed by atoms with E-state index in [0.717, 1.165) is 51.4 Å². The van der Waals surface area contributed by atoms with Crippen LogP contribution in [0.1, 0.15) is 64.2 Å². The van der Waals surface area contributed by atoms with Crippen LogP contribution in [-0.4, -0.2) is 25.2 Å². The van der Waals surface area contributed by atoms with Gasteiger partial charge in [0, 0.05) is 11.1 Å². The highest BCUT2D eigenvalue weighted by molar-refractivity contribution is 6.00. The van der Waals surface area contributed by atoms with Crippen molar-refractivity contribution in [3.8, 4) is 0 Å². The summed E-state index contributed by atoms with van der Waals surface area (Å²) in [6.45, 7) is 8.11. The first-order valence-electron chi connectivity index (χ1n) is 8.98. The van der Waals surface area contributed by atoms with E-state index in [9.17, 15) is 9.59 Å². The third-order valence-electron chi connectivity index (χ3n) is 4.03. The van der Waals surface area contributed by atoms with Gasteiger partial charge >= 0.3 is 11.9 Å². The zero-order valence-electron chi connectivity index (χ0n) is 14.7. The average molecular weight is 334 g/mol. The third kappa shape index (κ3) is 7.62. The molecule has 0 atom stereocenters. The molecule has 24 heavy (non-hydrogen) atoms. The van der Waals surface area contributed by atoms with Crippen molar-refractivity contribution < 1.29 is 19.1 Å². The Hall–Kier alpha value is -1.84. The van der Waals surface area contributed by atoms with Crippen LogP contribution < -0.4 is 0 Å². The van der Waals surface area contributed by atoms with E-state index in [1.165, 1.54) is 0 Å². The van der Waals surface area contributed by atoms with Crippen LogP contribution in [0.2, 0.25) is 0 Å². The summed E-state index contributed by atoms with van der Waals surface area (Å²) in [4.78, 5) is 24.5. The minimum atomic E-state index is -0.355. The third-order valence-corrected chi connectivity index (χ3v) is 4.03. The molecule has 0 heterocycles. The number of hydrogen-bond acceptors (Lipinski definition) is 4. The van der Waals surface area contributed by atoms with Crippen molar-refractivity contribution in [3.05, 3.63) is 36.5 Å². The predicted octanol–water partition coefficient (Wildman–Crippen LogP) is 4.66. The van der Waals surface area contributed by atoms with Gasteiger partial charge in [-0.3, -0.25) is 0 Å². The maximum absolute atomic E-state index is 12.2. The molecule has 4 heteroatoms. The maximum Gasteiger partial charge on any atom is 0.334 e. The topological polar surface area (TPSA) is 52.6 Å². The Morgan fingerprint density at radius 2 is 1.21 bits per heavy atom. The maximum atomic E-state index is 12.2. The Bertz CT molecular complexity index is 420. The molecule has 4 nitrogen and oxygen atoms in total. The van der Waals surface area contributed by atoms with Crippen LogP contribution in [-0.2, 0) is 19.1 Å². The molecular formula is C20H30O4. The molecule has 1 rings (SSSR count). The highest BCUT2D eigenvalue weighted by Gasteiger charge is 2.25. The summed E-state index contributed by atoms with van der Waals surface area (Å²) < 4.78 is 10.6. The van der Waals surface area contributed by atoms with Gasteiger partial charge in [0.05, 0.1) is 13.2 Å². The molecule has 0 aromatic rings. The Balaban J connectivity index is 2.49. The van der Waals surface area contributed by atoms with Crippen molar-refractivity contribution in [1.82, 2.24) is 0 Å². The Labute approximate surface area is 145 Å². The van der Waals surface area contributed by atoms with Gasteiger partial charge in [0.1, 0.15) is 0 Å².